The van der Waals surface area contributed by atoms with Crippen LogP contribution in [0.1, 0.15) is 36.9 Å². The second-order valence-electron chi connectivity index (χ2n) is 4.70. The molecule has 4 nitrogen and oxygen atoms in total. The third-order valence-corrected chi connectivity index (χ3v) is 3.20. The first kappa shape index (κ1) is 17.3. The van der Waals surface area contributed by atoms with Crippen LogP contribution in [0.15, 0.2) is 24.3 Å². The van der Waals surface area contributed by atoms with Gasteiger partial charge >= 0.3 is 12.3 Å². The lowest BCUT2D eigenvalue weighted by Crippen LogP contribution is -2.38. The van der Waals surface area contributed by atoms with Gasteiger partial charge in [-0.3, -0.25) is 0 Å². The van der Waals surface area contributed by atoms with Gasteiger partial charge in [0.25, 0.3) is 0 Å². The number of amides is 1. The van der Waals surface area contributed by atoms with Gasteiger partial charge in [0.1, 0.15) is 0 Å². The molecule has 1 aromatic carbocycles. The van der Waals surface area contributed by atoms with E-state index in [1.54, 1.807) is 0 Å². The number of alkyl halides is 3. The Morgan fingerprint density at radius 2 is 2.10 bits per heavy atom. The third-order valence-electron chi connectivity index (χ3n) is 3.20. The highest BCUT2D eigenvalue weighted by Gasteiger charge is 2.32. The van der Waals surface area contributed by atoms with E-state index in [1.165, 1.54) is 12.1 Å². The molecule has 0 aliphatic rings. The third kappa shape index (κ3) is 4.63. The standard InChI is InChI=1S/C14H19F3N2O2/c1-2-3-7-19(13(20)21)12(9-18)10-5-4-6-11(8-10)14(15,16)17/h4-6,8,12H,2-3,7,9,18H2,1H3,(H,20,21). The normalized spacial score (nSPS) is 13.0. The van der Waals surface area contributed by atoms with E-state index in [-0.39, 0.29) is 18.7 Å². The Hall–Kier alpha value is -1.76. The molecule has 1 rings (SSSR count). The molecule has 7 heteroatoms. The molecule has 0 radical (unpaired) electrons. The van der Waals surface area contributed by atoms with Crippen LogP contribution in [0.25, 0.3) is 0 Å². The van der Waals surface area contributed by atoms with Crippen molar-refractivity contribution in [3.8, 4) is 0 Å². The number of carbonyl (C=O) groups is 1. The number of nitrogens with two attached hydrogens (primary N) is 1. The van der Waals surface area contributed by atoms with Crippen LogP contribution in [0, 0.1) is 0 Å². The van der Waals surface area contributed by atoms with Crippen molar-refractivity contribution in [1.29, 1.82) is 0 Å². The topological polar surface area (TPSA) is 66.6 Å². The summed E-state index contributed by atoms with van der Waals surface area (Å²) in [7, 11) is 0. The first-order valence-electron chi connectivity index (χ1n) is 6.68. The van der Waals surface area contributed by atoms with E-state index in [0.29, 0.717) is 6.42 Å². The summed E-state index contributed by atoms with van der Waals surface area (Å²) in [4.78, 5) is 12.4. The van der Waals surface area contributed by atoms with Gasteiger partial charge in [-0.1, -0.05) is 25.5 Å². The van der Waals surface area contributed by atoms with Crippen molar-refractivity contribution in [2.24, 2.45) is 5.73 Å². The number of rotatable bonds is 6. The van der Waals surface area contributed by atoms with Crippen LogP contribution in [0.2, 0.25) is 0 Å². The number of hydrogen-bond donors (Lipinski definition) is 2. The van der Waals surface area contributed by atoms with Gasteiger partial charge in [-0.15, -0.1) is 0 Å². The summed E-state index contributed by atoms with van der Waals surface area (Å²) in [5, 5.41) is 9.24. The fraction of sp³-hybridized carbons (Fsp3) is 0.500. The van der Waals surface area contributed by atoms with E-state index in [2.05, 4.69) is 0 Å². The molecule has 0 saturated carbocycles. The molecule has 0 spiro atoms. The molecular formula is C14H19F3N2O2. The van der Waals surface area contributed by atoms with Crippen molar-refractivity contribution in [3.05, 3.63) is 35.4 Å². The Bertz CT molecular complexity index is 478. The SMILES string of the molecule is CCCCN(C(=O)O)C(CN)c1cccc(C(F)(F)F)c1. The van der Waals surface area contributed by atoms with Crippen LogP contribution in [0.4, 0.5) is 18.0 Å². The summed E-state index contributed by atoms with van der Waals surface area (Å²) in [5.41, 5.74) is 5.04. The minimum atomic E-state index is -4.47. The second kappa shape index (κ2) is 7.31. The molecule has 0 heterocycles. The van der Waals surface area contributed by atoms with Crippen molar-refractivity contribution in [3.63, 3.8) is 0 Å². The van der Waals surface area contributed by atoms with Crippen molar-refractivity contribution >= 4 is 6.09 Å². The van der Waals surface area contributed by atoms with Crippen LogP contribution >= 0.6 is 0 Å². The first-order valence-corrected chi connectivity index (χ1v) is 6.68. The Morgan fingerprint density at radius 1 is 1.43 bits per heavy atom. The lowest BCUT2D eigenvalue weighted by Gasteiger charge is -2.29. The summed E-state index contributed by atoms with van der Waals surface area (Å²) < 4.78 is 38.2. The molecule has 0 aliphatic heterocycles. The van der Waals surface area contributed by atoms with E-state index in [4.69, 9.17) is 5.73 Å². The monoisotopic (exact) mass is 304 g/mol. The fourth-order valence-electron chi connectivity index (χ4n) is 2.08. The molecular weight excluding hydrogens is 285 g/mol. The number of unbranched alkanes of at least 4 members (excludes halogenated alkanes) is 1. The van der Waals surface area contributed by atoms with E-state index >= 15 is 0 Å². The maximum Gasteiger partial charge on any atom is 0.416 e. The van der Waals surface area contributed by atoms with Gasteiger partial charge in [0.2, 0.25) is 0 Å². The molecule has 0 bridgehead atoms. The zero-order valence-corrected chi connectivity index (χ0v) is 11.7. The van der Waals surface area contributed by atoms with E-state index in [1.807, 2.05) is 6.92 Å². The molecule has 0 aliphatic carbocycles. The van der Waals surface area contributed by atoms with E-state index < -0.39 is 23.9 Å². The zero-order valence-electron chi connectivity index (χ0n) is 11.7. The average molecular weight is 304 g/mol. The molecule has 1 amide bonds. The van der Waals surface area contributed by atoms with Crippen molar-refractivity contribution in [2.75, 3.05) is 13.1 Å². The Labute approximate surface area is 121 Å². The molecule has 21 heavy (non-hydrogen) atoms. The smallest absolute Gasteiger partial charge is 0.416 e. The maximum absolute atomic E-state index is 12.7. The molecule has 118 valence electrons. The minimum Gasteiger partial charge on any atom is -0.465 e. The number of benzene rings is 1. The predicted octanol–water partition coefficient (Wildman–Crippen LogP) is 3.49. The van der Waals surface area contributed by atoms with Gasteiger partial charge in [-0.2, -0.15) is 13.2 Å². The summed E-state index contributed by atoms with van der Waals surface area (Å²) in [6.07, 6.45) is -4.24. The zero-order chi connectivity index (χ0) is 16.0. The highest BCUT2D eigenvalue weighted by atomic mass is 19.4. The highest BCUT2D eigenvalue weighted by molar-refractivity contribution is 5.65. The van der Waals surface area contributed by atoms with Gasteiger partial charge in [-0.25, -0.2) is 4.79 Å². The van der Waals surface area contributed by atoms with Crippen LogP contribution in [0.5, 0.6) is 0 Å². The molecule has 0 saturated heterocycles. The average Bonchev–Trinajstić information content (AvgIpc) is 2.42. The van der Waals surface area contributed by atoms with E-state index in [0.717, 1.165) is 23.5 Å². The molecule has 1 unspecified atom stereocenters. The molecule has 3 N–H and O–H groups in total. The largest absolute Gasteiger partial charge is 0.465 e. The Morgan fingerprint density at radius 3 is 2.57 bits per heavy atom. The molecule has 1 aromatic rings. The Balaban J connectivity index is 3.10. The summed E-state index contributed by atoms with van der Waals surface area (Å²) in [6, 6.07) is 3.86. The first-order chi connectivity index (χ1) is 9.81. The van der Waals surface area contributed by atoms with Gasteiger partial charge < -0.3 is 15.7 Å². The van der Waals surface area contributed by atoms with Crippen molar-refractivity contribution < 1.29 is 23.1 Å². The lowest BCUT2D eigenvalue weighted by molar-refractivity contribution is -0.137. The summed E-state index contributed by atoms with van der Waals surface area (Å²) >= 11 is 0. The number of carboxylic acid groups (broad SMARTS) is 1. The Kier molecular flexibility index (Phi) is 6.02. The van der Waals surface area contributed by atoms with Gasteiger partial charge in [-0.05, 0) is 24.1 Å². The quantitative estimate of drug-likeness (QED) is 0.845. The molecule has 0 aromatic heterocycles. The number of hydrogen-bond acceptors (Lipinski definition) is 2. The van der Waals surface area contributed by atoms with Gasteiger partial charge in [0.15, 0.2) is 0 Å². The summed E-state index contributed by atoms with van der Waals surface area (Å²) in [6.45, 7) is 2.07. The highest BCUT2D eigenvalue weighted by Crippen LogP contribution is 2.31. The van der Waals surface area contributed by atoms with Crippen LogP contribution in [0.3, 0.4) is 0 Å². The molecule has 1 atom stereocenters. The predicted molar refractivity (Wildman–Crippen MR) is 72.9 cm³/mol. The molecule has 0 fully saturated rings. The second-order valence-corrected chi connectivity index (χ2v) is 4.70. The van der Waals surface area contributed by atoms with Gasteiger partial charge in [0.05, 0.1) is 11.6 Å². The van der Waals surface area contributed by atoms with Crippen LogP contribution in [-0.4, -0.2) is 29.2 Å². The van der Waals surface area contributed by atoms with Crippen molar-refractivity contribution in [2.45, 2.75) is 32.0 Å². The fourth-order valence-corrected chi connectivity index (χ4v) is 2.08. The van der Waals surface area contributed by atoms with Crippen molar-refractivity contribution in [1.82, 2.24) is 4.90 Å². The number of nitrogens with zero attached hydrogens (tertiary/aromatic N) is 1. The van der Waals surface area contributed by atoms with Crippen LogP contribution < -0.4 is 5.73 Å². The van der Waals surface area contributed by atoms with E-state index in [9.17, 15) is 23.1 Å². The van der Waals surface area contributed by atoms with Gasteiger partial charge in [0, 0.05) is 13.1 Å². The summed E-state index contributed by atoms with van der Waals surface area (Å²) in [5.74, 6) is 0. The maximum atomic E-state index is 12.7. The lowest BCUT2D eigenvalue weighted by atomic mass is 10.0. The number of halogens is 3. The van der Waals surface area contributed by atoms with Crippen LogP contribution in [-0.2, 0) is 6.18 Å². The minimum absolute atomic E-state index is 0.0721.